The van der Waals surface area contributed by atoms with Crippen LogP contribution < -0.4 is 10.5 Å². The second-order valence-electron chi connectivity index (χ2n) is 4.71. The molecule has 1 unspecified atom stereocenters. The molecule has 0 saturated carbocycles. The molecule has 0 aliphatic carbocycles. The van der Waals surface area contributed by atoms with Crippen molar-refractivity contribution >= 4 is 15.7 Å². The van der Waals surface area contributed by atoms with Gasteiger partial charge in [-0.25, -0.2) is 17.9 Å². The minimum absolute atomic E-state index is 0.141. The minimum atomic E-state index is -3.91. The highest BCUT2D eigenvalue weighted by atomic mass is 32.2. The van der Waals surface area contributed by atoms with E-state index in [0.29, 0.717) is 0 Å². The first kappa shape index (κ1) is 16.9. The number of aliphatic hydroxyl groups is 1. The summed E-state index contributed by atoms with van der Waals surface area (Å²) in [5, 5.41) is 17.6. The normalized spacial score (nSPS) is 13.5. The van der Waals surface area contributed by atoms with Crippen LogP contribution in [0.5, 0.6) is 0 Å². The lowest BCUT2D eigenvalue weighted by Crippen LogP contribution is -2.28. The summed E-state index contributed by atoms with van der Waals surface area (Å²) in [4.78, 5) is -0.277. The van der Waals surface area contributed by atoms with Crippen molar-refractivity contribution in [2.45, 2.75) is 37.7 Å². The van der Waals surface area contributed by atoms with Crippen molar-refractivity contribution in [2.75, 3.05) is 11.9 Å². The molecule has 7 heteroatoms. The molecular weight excluding hydrogens is 283 g/mol. The monoisotopic (exact) mass is 304 g/mol. The second-order valence-corrected chi connectivity index (χ2v) is 6.27. The van der Waals surface area contributed by atoms with E-state index in [1.54, 1.807) is 0 Å². The summed E-state index contributed by atoms with van der Waals surface area (Å²) in [7, 11) is -3.91. The smallest absolute Gasteiger partial charge is 0.238 e. The number of aliphatic hydroxyl groups excluding tert-OH is 1. The topological polar surface area (TPSA) is 92.4 Å². The Hall–Kier alpha value is -1.18. The van der Waals surface area contributed by atoms with Gasteiger partial charge in [0.1, 0.15) is 5.82 Å². The molecule has 0 aromatic heterocycles. The van der Waals surface area contributed by atoms with Crippen LogP contribution in [0.1, 0.15) is 26.7 Å². The first-order valence-corrected chi connectivity index (χ1v) is 8.08. The summed E-state index contributed by atoms with van der Waals surface area (Å²) in [6.07, 6.45) is 1.10. The van der Waals surface area contributed by atoms with Gasteiger partial charge in [-0.1, -0.05) is 26.7 Å². The van der Waals surface area contributed by atoms with Crippen LogP contribution in [0.15, 0.2) is 23.1 Å². The van der Waals surface area contributed by atoms with E-state index in [0.717, 1.165) is 18.9 Å². The van der Waals surface area contributed by atoms with Crippen LogP contribution in [0.2, 0.25) is 0 Å². The first-order chi connectivity index (χ1) is 9.29. The number of nitrogens with one attached hydrogen (secondary N) is 1. The number of anilines is 1. The maximum absolute atomic E-state index is 13.7. The average molecular weight is 304 g/mol. The van der Waals surface area contributed by atoms with Crippen molar-refractivity contribution in [3.05, 3.63) is 24.0 Å². The Morgan fingerprint density at radius 1 is 1.35 bits per heavy atom. The third kappa shape index (κ3) is 4.43. The largest absolute Gasteiger partial charge is 0.391 e. The van der Waals surface area contributed by atoms with Crippen LogP contribution >= 0.6 is 0 Å². The quantitative estimate of drug-likeness (QED) is 0.714. The molecule has 0 heterocycles. The molecule has 20 heavy (non-hydrogen) atoms. The molecule has 4 N–H and O–H groups in total. The zero-order chi connectivity index (χ0) is 15.3. The number of hydrogen-bond acceptors (Lipinski definition) is 4. The van der Waals surface area contributed by atoms with Crippen LogP contribution in [0.4, 0.5) is 10.1 Å². The molecule has 1 atom stereocenters. The SMILES string of the molecule is CCC(CC)C(O)CNc1ccc(S(N)(=O)=O)cc1F. The van der Waals surface area contributed by atoms with E-state index in [1.807, 2.05) is 13.8 Å². The first-order valence-electron chi connectivity index (χ1n) is 6.53. The molecule has 1 rings (SSSR count). The van der Waals surface area contributed by atoms with Gasteiger partial charge < -0.3 is 10.4 Å². The number of benzene rings is 1. The van der Waals surface area contributed by atoms with Crippen molar-refractivity contribution in [3.8, 4) is 0 Å². The van der Waals surface area contributed by atoms with Crippen LogP contribution in [0, 0.1) is 11.7 Å². The van der Waals surface area contributed by atoms with E-state index in [1.165, 1.54) is 12.1 Å². The summed E-state index contributed by atoms with van der Waals surface area (Å²) >= 11 is 0. The van der Waals surface area contributed by atoms with Crippen molar-refractivity contribution in [1.82, 2.24) is 0 Å². The molecule has 0 saturated heterocycles. The molecule has 5 nitrogen and oxygen atoms in total. The molecule has 0 aliphatic rings. The number of rotatable bonds is 7. The predicted molar refractivity (Wildman–Crippen MR) is 76.3 cm³/mol. The fourth-order valence-electron chi connectivity index (χ4n) is 2.03. The molecular formula is C13H21FN2O3S. The highest BCUT2D eigenvalue weighted by molar-refractivity contribution is 7.89. The Morgan fingerprint density at radius 3 is 2.40 bits per heavy atom. The predicted octanol–water partition coefficient (Wildman–Crippen LogP) is 1.68. The molecule has 1 aromatic carbocycles. The van der Waals surface area contributed by atoms with Crippen molar-refractivity contribution in [1.29, 1.82) is 0 Å². The lowest BCUT2D eigenvalue weighted by molar-refractivity contribution is 0.114. The molecule has 0 amide bonds. The van der Waals surface area contributed by atoms with Gasteiger partial charge in [-0.2, -0.15) is 0 Å². The van der Waals surface area contributed by atoms with E-state index >= 15 is 0 Å². The summed E-state index contributed by atoms with van der Waals surface area (Å²) in [5.41, 5.74) is 0.141. The van der Waals surface area contributed by atoms with Crippen LogP contribution in [-0.2, 0) is 10.0 Å². The Kier molecular flexibility index (Phi) is 5.91. The fourth-order valence-corrected chi connectivity index (χ4v) is 2.56. The second kappa shape index (κ2) is 7.01. The van der Waals surface area contributed by atoms with Gasteiger partial charge in [0.25, 0.3) is 0 Å². The van der Waals surface area contributed by atoms with Crippen LogP contribution in [0.25, 0.3) is 0 Å². The lowest BCUT2D eigenvalue weighted by Gasteiger charge is -2.21. The standard InChI is InChI=1S/C13H21FN2O3S/c1-3-9(4-2)13(17)8-16-12-6-5-10(7-11(12)14)20(15,18)19/h5-7,9,13,16-17H,3-4,8H2,1-2H3,(H2,15,18,19). The zero-order valence-electron chi connectivity index (χ0n) is 11.6. The van der Waals surface area contributed by atoms with E-state index < -0.39 is 21.9 Å². The molecule has 0 aliphatic heterocycles. The van der Waals surface area contributed by atoms with Gasteiger partial charge in [-0.3, -0.25) is 0 Å². The lowest BCUT2D eigenvalue weighted by atomic mass is 9.96. The van der Waals surface area contributed by atoms with E-state index in [9.17, 15) is 17.9 Å². The maximum atomic E-state index is 13.7. The fraction of sp³-hybridized carbons (Fsp3) is 0.538. The van der Waals surface area contributed by atoms with Gasteiger partial charge in [0.2, 0.25) is 10.0 Å². The summed E-state index contributed by atoms with van der Waals surface area (Å²) in [6, 6.07) is 3.39. The van der Waals surface area contributed by atoms with Gasteiger partial charge in [-0.15, -0.1) is 0 Å². The Morgan fingerprint density at radius 2 is 1.95 bits per heavy atom. The van der Waals surface area contributed by atoms with Crippen molar-refractivity contribution < 1.29 is 17.9 Å². The van der Waals surface area contributed by atoms with Crippen molar-refractivity contribution in [3.63, 3.8) is 0 Å². The third-order valence-electron chi connectivity index (χ3n) is 3.36. The summed E-state index contributed by atoms with van der Waals surface area (Å²) in [5.74, 6) is -0.567. The Labute approximate surface area is 119 Å². The van der Waals surface area contributed by atoms with Gasteiger partial charge in [0.05, 0.1) is 16.7 Å². The van der Waals surface area contributed by atoms with E-state index in [-0.39, 0.29) is 23.0 Å². The number of sulfonamides is 1. The van der Waals surface area contributed by atoms with Gasteiger partial charge in [0.15, 0.2) is 0 Å². The minimum Gasteiger partial charge on any atom is -0.391 e. The average Bonchev–Trinajstić information content (AvgIpc) is 2.37. The number of nitrogens with two attached hydrogens (primary N) is 1. The highest BCUT2D eigenvalue weighted by Gasteiger charge is 2.16. The number of hydrogen-bond donors (Lipinski definition) is 3. The molecule has 114 valence electrons. The van der Waals surface area contributed by atoms with Crippen LogP contribution in [0.3, 0.4) is 0 Å². The Bertz CT molecular complexity index is 545. The Balaban J connectivity index is 2.75. The molecule has 0 fully saturated rings. The number of halogens is 1. The summed E-state index contributed by atoms with van der Waals surface area (Å²) in [6.45, 7) is 4.18. The maximum Gasteiger partial charge on any atom is 0.238 e. The van der Waals surface area contributed by atoms with Crippen molar-refractivity contribution in [2.24, 2.45) is 11.1 Å². The van der Waals surface area contributed by atoms with E-state index in [2.05, 4.69) is 5.32 Å². The van der Waals surface area contributed by atoms with Gasteiger partial charge >= 0.3 is 0 Å². The number of primary sulfonamides is 1. The molecule has 0 spiro atoms. The highest BCUT2D eigenvalue weighted by Crippen LogP contribution is 2.19. The molecule has 0 bridgehead atoms. The third-order valence-corrected chi connectivity index (χ3v) is 4.27. The van der Waals surface area contributed by atoms with Crippen LogP contribution in [-0.4, -0.2) is 26.2 Å². The van der Waals surface area contributed by atoms with Gasteiger partial charge in [0, 0.05) is 6.54 Å². The molecule has 1 aromatic rings. The van der Waals surface area contributed by atoms with E-state index in [4.69, 9.17) is 5.14 Å². The zero-order valence-corrected chi connectivity index (χ0v) is 12.5. The van der Waals surface area contributed by atoms with Gasteiger partial charge in [-0.05, 0) is 24.1 Å². The summed E-state index contributed by atoms with van der Waals surface area (Å²) < 4.78 is 35.9. The molecule has 0 radical (unpaired) electrons.